The summed E-state index contributed by atoms with van der Waals surface area (Å²) in [5, 5.41) is 2.91. The van der Waals surface area contributed by atoms with Crippen molar-refractivity contribution in [2.24, 2.45) is 5.73 Å². The van der Waals surface area contributed by atoms with Gasteiger partial charge in [0.1, 0.15) is 17.5 Å². The lowest BCUT2D eigenvalue weighted by molar-refractivity contribution is 0.631. The van der Waals surface area contributed by atoms with Crippen molar-refractivity contribution in [2.75, 3.05) is 11.9 Å². The van der Waals surface area contributed by atoms with Crippen molar-refractivity contribution in [2.45, 2.75) is 6.42 Å². The number of nitrogens with zero attached hydrogens (tertiary/aromatic N) is 2. The molecule has 0 bridgehead atoms. The highest BCUT2D eigenvalue weighted by atomic mass is 79.9. The van der Waals surface area contributed by atoms with Crippen LogP contribution in [-0.4, -0.2) is 16.5 Å². The van der Waals surface area contributed by atoms with Gasteiger partial charge in [-0.3, -0.25) is 0 Å². The van der Waals surface area contributed by atoms with E-state index in [0.29, 0.717) is 30.3 Å². The fourth-order valence-electron chi connectivity index (χ4n) is 1.45. The average Bonchev–Trinajstić information content (AvgIpc) is 2.35. The summed E-state index contributed by atoms with van der Waals surface area (Å²) in [5.74, 6) is 0.848. The summed E-state index contributed by atoms with van der Waals surface area (Å²) in [6, 6.07) is 6.36. The number of halogens is 2. The SMILES string of the molecule is NCCc1nccc(Nc2cc(Br)ccc2F)n1. The Hall–Kier alpha value is -1.53. The van der Waals surface area contributed by atoms with Crippen LogP contribution < -0.4 is 11.1 Å². The quantitative estimate of drug-likeness (QED) is 0.911. The van der Waals surface area contributed by atoms with Crippen LogP contribution in [0.25, 0.3) is 0 Å². The van der Waals surface area contributed by atoms with Crippen LogP contribution in [0.5, 0.6) is 0 Å². The van der Waals surface area contributed by atoms with E-state index in [-0.39, 0.29) is 5.82 Å². The summed E-state index contributed by atoms with van der Waals surface area (Å²) in [7, 11) is 0. The Morgan fingerprint density at radius 2 is 2.17 bits per heavy atom. The Bertz CT molecular complexity index is 547. The Balaban J connectivity index is 2.22. The number of nitrogens with one attached hydrogen (secondary N) is 1. The van der Waals surface area contributed by atoms with Crippen LogP contribution in [0, 0.1) is 5.82 Å². The highest BCUT2D eigenvalue weighted by Crippen LogP contribution is 2.22. The maximum Gasteiger partial charge on any atom is 0.146 e. The molecule has 2 aromatic rings. The van der Waals surface area contributed by atoms with Gasteiger partial charge in [-0.15, -0.1) is 0 Å². The van der Waals surface area contributed by atoms with Gasteiger partial charge in [0.05, 0.1) is 5.69 Å². The summed E-state index contributed by atoms with van der Waals surface area (Å²) < 4.78 is 14.4. The van der Waals surface area contributed by atoms with Gasteiger partial charge in [0.2, 0.25) is 0 Å². The standard InChI is InChI=1S/C12H12BrFN4/c13-8-1-2-9(14)10(7-8)17-12-4-6-16-11(18-12)3-5-15/h1-2,4,6-7H,3,5,15H2,(H,16,17,18). The van der Waals surface area contributed by atoms with Crippen LogP contribution in [-0.2, 0) is 6.42 Å². The van der Waals surface area contributed by atoms with Gasteiger partial charge >= 0.3 is 0 Å². The number of hydrogen-bond acceptors (Lipinski definition) is 4. The molecule has 0 saturated carbocycles. The van der Waals surface area contributed by atoms with E-state index in [4.69, 9.17) is 5.73 Å². The predicted octanol–water partition coefficient (Wildman–Crippen LogP) is 2.62. The Morgan fingerprint density at radius 3 is 2.94 bits per heavy atom. The van der Waals surface area contributed by atoms with E-state index in [1.807, 2.05) is 0 Å². The highest BCUT2D eigenvalue weighted by molar-refractivity contribution is 9.10. The second-order valence-electron chi connectivity index (χ2n) is 3.65. The van der Waals surface area contributed by atoms with Crippen LogP contribution in [0.15, 0.2) is 34.9 Å². The molecule has 0 aliphatic carbocycles. The molecule has 0 amide bonds. The topological polar surface area (TPSA) is 63.8 Å². The van der Waals surface area contributed by atoms with Crippen molar-refractivity contribution in [1.29, 1.82) is 0 Å². The lowest BCUT2D eigenvalue weighted by Crippen LogP contribution is -2.07. The van der Waals surface area contributed by atoms with E-state index in [9.17, 15) is 4.39 Å². The largest absolute Gasteiger partial charge is 0.338 e. The summed E-state index contributed by atoms with van der Waals surface area (Å²) in [4.78, 5) is 8.32. The van der Waals surface area contributed by atoms with Gasteiger partial charge in [0.25, 0.3) is 0 Å². The van der Waals surface area contributed by atoms with Gasteiger partial charge in [0, 0.05) is 17.1 Å². The first-order chi connectivity index (χ1) is 8.69. The van der Waals surface area contributed by atoms with Crippen molar-refractivity contribution < 1.29 is 4.39 Å². The lowest BCUT2D eigenvalue weighted by Gasteiger charge is -2.08. The van der Waals surface area contributed by atoms with Gasteiger partial charge in [-0.2, -0.15) is 0 Å². The molecule has 3 N–H and O–H groups in total. The Labute approximate surface area is 113 Å². The lowest BCUT2D eigenvalue weighted by atomic mass is 10.3. The zero-order valence-electron chi connectivity index (χ0n) is 9.53. The van der Waals surface area contributed by atoms with Gasteiger partial charge in [-0.25, -0.2) is 14.4 Å². The van der Waals surface area contributed by atoms with Gasteiger partial charge < -0.3 is 11.1 Å². The highest BCUT2D eigenvalue weighted by Gasteiger charge is 2.05. The van der Waals surface area contributed by atoms with Crippen molar-refractivity contribution in [3.63, 3.8) is 0 Å². The molecule has 0 aliphatic heterocycles. The normalized spacial score (nSPS) is 10.4. The third-order valence-corrected chi connectivity index (χ3v) is 2.76. The predicted molar refractivity (Wildman–Crippen MR) is 72.2 cm³/mol. The molecular weight excluding hydrogens is 299 g/mol. The monoisotopic (exact) mass is 310 g/mol. The summed E-state index contributed by atoms with van der Waals surface area (Å²) >= 11 is 3.29. The molecule has 94 valence electrons. The molecule has 0 spiro atoms. The summed E-state index contributed by atoms with van der Waals surface area (Å²) in [6.07, 6.45) is 2.21. The Kier molecular flexibility index (Phi) is 4.22. The fraction of sp³-hybridized carbons (Fsp3) is 0.167. The number of anilines is 2. The second-order valence-corrected chi connectivity index (χ2v) is 4.56. The molecule has 0 unspecified atom stereocenters. The van der Waals surface area contributed by atoms with Crippen LogP contribution in [0.2, 0.25) is 0 Å². The zero-order chi connectivity index (χ0) is 13.0. The maximum atomic E-state index is 13.6. The molecule has 6 heteroatoms. The average molecular weight is 311 g/mol. The van der Waals surface area contributed by atoms with Crippen molar-refractivity contribution in [3.05, 3.63) is 46.6 Å². The fourth-order valence-corrected chi connectivity index (χ4v) is 1.81. The van der Waals surface area contributed by atoms with Gasteiger partial charge in [0.15, 0.2) is 0 Å². The van der Waals surface area contributed by atoms with E-state index < -0.39 is 0 Å². The van der Waals surface area contributed by atoms with E-state index in [0.717, 1.165) is 4.47 Å². The second kappa shape index (κ2) is 5.88. The third-order valence-electron chi connectivity index (χ3n) is 2.26. The molecule has 4 nitrogen and oxygen atoms in total. The minimum atomic E-state index is -0.336. The molecule has 18 heavy (non-hydrogen) atoms. The summed E-state index contributed by atoms with van der Waals surface area (Å²) in [6.45, 7) is 0.481. The number of nitrogens with two attached hydrogens (primary N) is 1. The number of rotatable bonds is 4. The van der Waals surface area contributed by atoms with Gasteiger partial charge in [-0.05, 0) is 30.8 Å². The molecule has 1 heterocycles. The van der Waals surface area contributed by atoms with E-state index >= 15 is 0 Å². The van der Waals surface area contributed by atoms with Gasteiger partial charge in [-0.1, -0.05) is 15.9 Å². The molecule has 2 rings (SSSR count). The van der Waals surface area contributed by atoms with E-state index in [1.165, 1.54) is 6.07 Å². The van der Waals surface area contributed by atoms with Crippen LogP contribution in [0.4, 0.5) is 15.9 Å². The molecule has 0 saturated heterocycles. The van der Waals surface area contributed by atoms with Crippen molar-refractivity contribution >= 4 is 27.4 Å². The maximum absolute atomic E-state index is 13.6. The Morgan fingerprint density at radius 1 is 1.33 bits per heavy atom. The minimum Gasteiger partial charge on any atom is -0.338 e. The van der Waals surface area contributed by atoms with Crippen LogP contribution >= 0.6 is 15.9 Å². The molecule has 0 radical (unpaired) electrons. The van der Waals surface area contributed by atoms with Crippen molar-refractivity contribution in [3.8, 4) is 0 Å². The number of aromatic nitrogens is 2. The first-order valence-corrected chi connectivity index (χ1v) is 6.22. The number of hydrogen-bond donors (Lipinski definition) is 2. The van der Waals surface area contributed by atoms with E-state index in [1.54, 1.807) is 24.4 Å². The minimum absolute atomic E-state index is 0.336. The molecule has 1 aromatic carbocycles. The number of benzene rings is 1. The van der Waals surface area contributed by atoms with Crippen LogP contribution in [0.1, 0.15) is 5.82 Å². The molecule has 0 atom stereocenters. The first-order valence-electron chi connectivity index (χ1n) is 5.43. The smallest absolute Gasteiger partial charge is 0.146 e. The first kappa shape index (κ1) is 12.9. The molecular formula is C12H12BrFN4. The zero-order valence-corrected chi connectivity index (χ0v) is 11.1. The van der Waals surface area contributed by atoms with E-state index in [2.05, 4.69) is 31.2 Å². The van der Waals surface area contributed by atoms with Crippen molar-refractivity contribution in [1.82, 2.24) is 9.97 Å². The summed E-state index contributed by atoms with van der Waals surface area (Å²) in [5.41, 5.74) is 5.80. The molecule has 1 aromatic heterocycles. The molecule has 0 aliphatic rings. The van der Waals surface area contributed by atoms with Crippen LogP contribution in [0.3, 0.4) is 0 Å². The third kappa shape index (κ3) is 3.24. The molecule has 0 fully saturated rings.